The highest BCUT2D eigenvalue weighted by molar-refractivity contribution is 6.01. The minimum absolute atomic E-state index is 0.0584. The Morgan fingerprint density at radius 1 is 1.32 bits per heavy atom. The third kappa shape index (κ3) is 5.79. The Labute approximate surface area is 158 Å². The van der Waals surface area contributed by atoms with Crippen molar-refractivity contribution in [3.8, 4) is 5.75 Å². The van der Waals surface area contributed by atoms with Crippen LogP contribution >= 0.6 is 0 Å². The first kappa shape index (κ1) is 20.9. The van der Waals surface area contributed by atoms with Gasteiger partial charge in [-0.3, -0.25) is 14.9 Å². The summed E-state index contributed by atoms with van der Waals surface area (Å²) < 4.78 is 42.8. The predicted octanol–water partition coefficient (Wildman–Crippen LogP) is 4.45. The van der Waals surface area contributed by atoms with Crippen molar-refractivity contribution in [2.75, 3.05) is 11.9 Å². The van der Waals surface area contributed by atoms with E-state index in [0.717, 1.165) is 18.2 Å². The number of hydrogen-bond donors (Lipinski definition) is 1. The molecule has 28 heavy (non-hydrogen) atoms. The van der Waals surface area contributed by atoms with Crippen LogP contribution in [0.25, 0.3) is 6.08 Å². The standard InChI is InChI=1S/C18H16F3N3O4/c1-2-9-28-15-6-3-12(10-14(15)24(26)27)4-8-17(25)23-16-7-5-13(11-22-16)18(19,20)21/h3-8,10-11H,2,9H2,1H3,(H,22,23,25)/b8-4+. The van der Waals surface area contributed by atoms with Gasteiger partial charge in [-0.05, 0) is 36.3 Å². The molecule has 0 saturated carbocycles. The molecule has 148 valence electrons. The largest absolute Gasteiger partial charge is 0.487 e. The molecule has 0 unspecified atom stereocenters. The van der Waals surface area contributed by atoms with Crippen LogP contribution in [0.4, 0.5) is 24.7 Å². The number of halogens is 3. The van der Waals surface area contributed by atoms with E-state index < -0.39 is 22.6 Å². The quantitative estimate of drug-likeness (QED) is 0.425. The lowest BCUT2D eigenvalue weighted by atomic mass is 10.1. The van der Waals surface area contributed by atoms with Gasteiger partial charge in [-0.2, -0.15) is 13.2 Å². The minimum Gasteiger partial charge on any atom is -0.487 e. The number of nitrogens with zero attached hydrogens (tertiary/aromatic N) is 2. The average Bonchev–Trinajstić information content (AvgIpc) is 2.64. The Bertz CT molecular complexity index is 881. The van der Waals surface area contributed by atoms with Crippen molar-refractivity contribution in [2.24, 2.45) is 0 Å². The van der Waals surface area contributed by atoms with Gasteiger partial charge in [0.1, 0.15) is 5.82 Å². The van der Waals surface area contributed by atoms with Gasteiger partial charge < -0.3 is 10.1 Å². The second-order valence-corrected chi connectivity index (χ2v) is 5.59. The van der Waals surface area contributed by atoms with Crippen molar-refractivity contribution in [3.63, 3.8) is 0 Å². The molecule has 2 aromatic rings. The van der Waals surface area contributed by atoms with Gasteiger partial charge in [-0.25, -0.2) is 4.98 Å². The van der Waals surface area contributed by atoms with E-state index in [4.69, 9.17) is 4.74 Å². The van der Waals surface area contributed by atoms with E-state index in [0.29, 0.717) is 24.8 Å². The highest BCUT2D eigenvalue weighted by Gasteiger charge is 2.30. The maximum Gasteiger partial charge on any atom is 0.417 e. The van der Waals surface area contributed by atoms with Crippen LogP contribution in [0.15, 0.2) is 42.6 Å². The molecule has 10 heteroatoms. The van der Waals surface area contributed by atoms with Gasteiger partial charge >= 0.3 is 11.9 Å². The third-order valence-corrected chi connectivity index (χ3v) is 3.41. The number of pyridine rings is 1. The molecule has 0 aliphatic carbocycles. The van der Waals surface area contributed by atoms with E-state index >= 15 is 0 Å². The number of benzene rings is 1. The SMILES string of the molecule is CCCOc1ccc(/C=C/C(=O)Nc2ccc(C(F)(F)F)cn2)cc1[N+](=O)[O-]. The predicted molar refractivity (Wildman–Crippen MR) is 95.8 cm³/mol. The Kier molecular flexibility index (Phi) is 6.69. The lowest BCUT2D eigenvalue weighted by molar-refractivity contribution is -0.385. The van der Waals surface area contributed by atoms with Crippen LogP contribution in [0.1, 0.15) is 24.5 Å². The van der Waals surface area contributed by atoms with Gasteiger partial charge in [0.15, 0.2) is 5.75 Å². The number of carbonyl (C=O) groups excluding carboxylic acids is 1. The molecule has 0 spiro atoms. The van der Waals surface area contributed by atoms with Crippen LogP contribution in [-0.2, 0) is 11.0 Å². The van der Waals surface area contributed by atoms with E-state index in [-0.39, 0.29) is 17.3 Å². The van der Waals surface area contributed by atoms with Crippen LogP contribution < -0.4 is 10.1 Å². The van der Waals surface area contributed by atoms with Crippen molar-refractivity contribution in [1.29, 1.82) is 0 Å². The van der Waals surface area contributed by atoms with Gasteiger partial charge in [0, 0.05) is 18.3 Å². The van der Waals surface area contributed by atoms with Gasteiger partial charge in [0.05, 0.1) is 17.1 Å². The van der Waals surface area contributed by atoms with Crippen LogP contribution in [0.5, 0.6) is 5.75 Å². The van der Waals surface area contributed by atoms with E-state index in [1.165, 1.54) is 24.3 Å². The molecule has 1 aromatic heterocycles. The van der Waals surface area contributed by atoms with E-state index in [1.807, 2.05) is 6.92 Å². The molecule has 1 amide bonds. The van der Waals surface area contributed by atoms with Gasteiger partial charge in [0.25, 0.3) is 0 Å². The summed E-state index contributed by atoms with van der Waals surface area (Å²) >= 11 is 0. The van der Waals surface area contributed by atoms with Crippen LogP contribution in [-0.4, -0.2) is 22.4 Å². The number of nitrogens with one attached hydrogen (secondary N) is 1. The molecule has 1 heterocycles. The number of ether oxygens (including phenoxy) is 1. The second-order valence-electron chi connectivity index (χ2n) is 5.59. The van der Waals surface area contributed by atoms with Gasteiger partial charge in [-0.1, -0.05) is 13.0 Å². The normalized spacial score (nSPS) is 11.4. The number of alkyl halides is 3. The lowest BCUT2D eigenvalue weighted by Crippen LogP contribution is -2.11. The molecule has 2 rings (SSSR count). The summed E-state index contributed by atoms with van der Waals surface area (Å²) in [4.78, 5) is 26.0. The highest BCUT2D eigenvalue weighted by Crippen LogP contribution is 2.29. The fourth-order valence-electron chi connectivity index (χ4n) is 2.09. The Morgan fingerprint density at radius 3 is 2.64 bits per heavy atom. The second kappa shape index (κ2) is 8.98. The lowest BCUT2D eigenvalue weighted by Gasteiger charge is -2.07. The molecule has 0 saturated heterocycles. The number of nitro benzene ring substituents is 1. The fourth-order valence-corrected chi connectivity index (χ4v) is 2.09. The van der Waals surface area contributed by atoms with Crippen molar-refractivity contribution in [3.05, 3.63) is 63.8 Å². The van der Waals surface area contributed by atoms with E-state index in [1.54, 1.807) is 0 Å². The number of hydrogen-bond acceptors (Lipinski definition) is 5. The summed E-state index contributed by atoms with van der Waals surface area (Å²) in [6, 6.07) is 6.05. The van der Waals surface area contributed by atoms with Crippen LogP contribution in [0, 0.1) is 10.1 Å². The average molecular weight is 395 g/mol. The first-order valence-corrected chi connectivity index (χ1v) is 8.14. The van der Waals surface area contributed by atoms with Crippen molar-refractivity contribution >= 4 is 23.5 Å². The number of amides is 1. The first-order chi connectivity index (χ1) is 13.2. The zero-order valence-electron chi connectivity index (χ0n) is 14.7. The zero-order chi connectivity index (χ0) is 20.7. The maximum absolute atomic E-state index is 12.5. The zero-order valence-corrected chi connectivity index (χ0v) is 14.7. The molecule has 0 atom stereocenters. The monoisotopic (exact) mass is 395 g/mol. The molecular formula is C18H16F3N3O4. The summed E-state index contributed by atoms with van der Waals surface area (Å²) in [7, 11) is 0. The topological polar surface area (TPSA) is 94.4 Å². The van der Waals surface area contributed by atoms with Crippen molar-refractivity contribution < 1.29 is 27.6 Å². The molecular weight excluding hydrogens is 379 g/mol. The molecule has 0 aliphatic heterocycles. The number of anilines is 1. The summed E-state index contributed by atoms with van der Waals surface area (Å²) in [5.41, 5.74) is -0.787. The highest BCUT2D eigenvalue weighted by atomic mass is 19.4. The Morgan fingerprint density at radius 2 is 2.07 bits per heavy atom. The van der Waals surface area contributed by atoms with Gasteiger partial charge in [-0.15, -0.1) is 0 Å². The molecule has 7 nitrogen and oxygen atoms in total. The molecule has 1 N–H and O–H groups in total. The summed E-state index contributed by atoms with van der Waals surface area (Å²) in [6.07, 6.45) is -0.799. The number of nitro groups is 1. The Balaban J connectivity index is 2.07. The van der Waals surface area contributed by atoms with E-state index in [2.05, 4.69) is 10.3 Å². The molecule has 0 bridgehead atoms. The molecule has 0 fully saturated rings. The number of carbonyl (C=O) groups is 1. The van der Waals surface area contributed by atoms with Crippen molar-refractivity contribution in [2.45, 2.75) is 19.5 Å². The molecule has 0 radical (unpaired) electrons. The first-order valence-electron chi connectivity index (χ1n) is 8.14. The van der Waals surface area contributed by atoms with Crippen LogP contribution in [0.3, 0.4) is 0 Å². The summed E-state index contributed by atoms with van der Waals surface area (Å²) in [5, 5.41) is 13.5. The van der Waals surface area contributed by atoms with E-state index in [9.17, 15) is 28.1 Å². The fraction of sp³-hybridized carbons (Fsp3) is 0.222. The summed E-state index contributed by atoms with van der Waals surface area (Å²) in [5.74, 6) is -0.583. The Hall–Kier alpha value is -3.43. The number of rotatable bonds is 7. The molecule has 0 aliphatic rings. The van der Waals surface area contributed by atoms with Crippen LogP contribution in [0.2, 0.25) is 0 Å². The minimum atomic E-state index is -4.52. The maximum atomic E-state index is 12.5. The van der Waals surface area contributed by atoms with Gasteiger partial charge in [0.2, 0.25) is 5.91 Å². The summed E-state index contributed by atoms with van der Waals surface area (Å²) in [6.45, 7) is 2.20. The third-order valence-electron chi connectivity index (χ3n) is 3.41. The molecule has 1 aromatic carbocycles. The van der Waals surface area contributed by atoms with Crippen molar-refractivity contribution in [1.82, 2.24) is 4.98 Å². The number of aromatic nitrogens is 1. The smallest absolute Gasteiger partial charge is 0.417 e.